The molecule has 1 fully saturated rings. The number of amides is 3. The van der Waals surface area contributed by atoms with Gasteiger partial charge in [-0.2, -0.15) is 0 Å². The molecule has 3 amide bonds. The fourth-order valence-electron chi connectivity index (χ4n) is 2.54. The van der Waals surface area contributed by atoms with Crippen molar-refractivity contribution in [2.75, 3.05) is 0 Å². The van der Waals surface area contributed by atoms with Gasteiger partial charge in [0, 0.05) is 13.3 Å². The molecule has 1 saturated carbocycles. The molecule has 0 aromatic heterocycles. The zero-order valence-electron chi connectivity index (χ0n) is 13.5. The van der Waals surface area contributed by atoms with E-state index in [1.807, 2.05) is 0 Å². The first-order chi connectivity index (χ1) is 11.4. The van der Waals surface area contributed by atoms with E-state index in [-0.39, 0.29) is 6.42 Å². The fraction of sp³-hybridized carbons (Fsp3) is 0.471. The van der Waals surface area contributed by atoms with Crippen molar-refractivity contribution in [1.29, 1.82) is 0 Å². The van der Waals surface area contributed by atoms with E-state index in [0.717, 1.165) is 12.8 Å². The Morgan fingerprint density at radius 3 is 2.42 bits per heavy atom. The van der Waals surface area contributed by atoms with Crippen LogP contribution in [-0.2, 0) is 20.8 Å². The van der Waals surface area contributed by atoms with Gasteiger partial charge in [-0.3, -0.25) is 14.4 Å². The Labute approximate surface area is 140 Å². The second-order valence-electron chi connectivity index (χ2n) is 6.19. The number of halogens is 1. The molecule has 0 aliphatic heterocycles. The normalized spacial score (nSPS) is 16.1. The lowest BCUT2D eigenvalue weighted by Crippen LogP contribution is -2.53. The molecule has 24 heavy (non-hydrogen) atoms. The topological polar surface area (TPSA) is 101 Å². The molecular weight excluding hydrogens is 313 g/mol. The zero-order valence-corrected chi connectivity index (χ0v) is 13.5. The third-order valence-electron chi connectivity index (χ3n) is 4.00. The summed E-state index contributed by atoms with van der Waals surface area (Å²) < 4.78 is 13.8. The monoisotopic (exact) mass is 335 g/mol. The van der Waals surface area contributed by atoms with Crippen LogP contribution in [0.4, 0.5) is 4.39 Å². The van der Waals surface area contributed by atoms with E-state index in [1.54, 1.807) is 18.2 Å². The van der Waals surface area contributed by atoms with Crippen molar-refractivity contribution >= 4 is 17.7 Å². The average Bonchev–Trinajstić information content (AvgIpc) is 3.31. The highest BCUT2D eigenvalue weighted by Gasteiger charge is 2.31. The number of nitrogens with two attached hydrogens (primary N) is 1. The fourth-order valence-corrected chi connectivity index (χ4v) is 2.54. The van der Waals surface area contributed by atoms with Gasteiger partial charge in [-0.25, -0.2) is 4.39 Å². The number of carbonyl (C=O) groups is 3. The SMILES string of the molecule is CC(=O)N[C@H](Cc1ccccc1F)C(=O)N[C@H](CC1CC1)C(N)=O. The van der Waals surface area contributed by atoms with E-state index in [9.17, 15) is 18.8 Å². The van der Waals surface area contributed by atoms with Crippen molar-refractivity contribution < 1.29 is 18.8 Å². The molecule has 1 aromatic carbocycles. The number of benzene rings is 1. The highest BCUT2D eigenvalue weighted by atomic mass is 19.1. The standard InChI is InChI=1S/C17H22FN3O3/c1-10(22)20-15(9-12-4-2-3-5-13(12)18)17(24)21-14(16(19)23)8-11-6-7-11/h2-5,11,14-15H,6-9H2,1H3,(H2,19,23)(H,20,22)(H,21,24)/t14-,15-/m1/s1. The van der Waals surface area contributed by atoms with Gasteiger partial charge >= 0.3 is 0 Å². The summed E-state index contributed by atoms with van der Waals surface area (Å²) in [5, 5.41) is 5.08. The second kappa shape index (κ2) is 7.90. The van der Waals surface area contributed by atoms with Crippen molar-refractivity contribution in [3.8, 4) is 0 Å². The zero-order chi connectivity index (χ0) is 17.7. The van der Waals surface area contributed by atoms with Gasteiger partial charge in [0.1, 0.15) is 17.9 Å². The lowest BCUT2D eigenvalue weighted by molar-refractivity contribution is -0.131. The first-order valence-corrected chi connectivity index (χ1v) is 7.97. The van der Waals surface area contributed by atoms with Crippen molar-refractivity contribution in [3.63, 3.8) is 0 Å². The Kier molecular flexibility index (Phi) is 5.89. The molecule has 0 spiro atoms. The molecule has 0 radical (unpaired) electrons. The van der Waals surface area contributed by atoms with Crippen LogP contribution in [0.5, 0.6) is 0 Å². The minimum absolute atomic E-state index is 0.00695. The molecule has 2 atom stereocenters. The quantitative estimate of drug-likeness (QED) is 0.650. The summed E-state index contributed by atoms with van der Waals surface area (Å²) >= 11 is 0. The number of nitrogens with one attached hydrogen (secondary N) is 2. The molecule has 2 rings (SSSR count). The third kappa shape index (κ3) is 5.33. The van der Waals surface area contributed by atoms with E-state index in [2.05, 4.69) is 10.6 Å². The van der Waals surface area contributed by atoms with Crippen molar-refractivity contribution in [2.24, 2.45) is 11.7 Å². The van der Waals surface area contributed by atoms with Gasteiger partial charge in [-0.05, 0) is 24.0 Å². The molecule has 1 aliphatic rings. The van der Waals surface area contributed by atoms with Crippen LogP contribution >= 0.6 is 0 Å². The Hall–Kier alpha value is -2.44. The largest absolute Gasteiger partial charge is 0.368 e. The molecule has 0 bridgehead atoms. The lowest BCUT2D eigenvalue weighted by atomic mass is 10.0. The summed E-state index contributed by atoms with van der Waals surface area (Å²) in [7, 11) is 0. The summed E-state index contributed by atoms with van der Waals surface area (Å²) in [6, 6.07) is 4.29. The molecule has 0 unspecified atom stereocenters. The maximum absolute atomic E-state index is 13.8. The van der Waals surface area contributed by atoms with E-state index >= 15 is 0 Å². The van der Waals surface area contributed by atoms with Crippen LogP contribution in [0.2, 0.25) is 0 Å². The van der Waals surface area contributed by atoms with Crippen molar-refractivity contribution in [3.05, 3.63) is 35.6 Å². The van der Waals surface area contributed by atoms with Gasteiger partial charge in [-0.1, -0.05) is 31.0 Å². The van der Waals surface area contributed by atoms with Crippen molar-refractivity contribution in [2.45, 2.75) is 44.7 Å². The van der Waals surface area contributed by atoms with E-state index in [0.29, 0.717) is 17.9 Å². The summed E-state index contributed by atoms with van der Waals surface area (Å²) in [5.41, 5.74) is 5.65. The van der Waals surface area contributed by atoms with Crippen LogP contribution in [0.1, 0.15) is 31.7 Å². The van der Waals surface area contributed by atoms with E-state index in [4.69, 9.17) is 5.73 Å². The number of hydrogen-bond donors (Lipinski definition) is 3. The van der Waals surface area contributed by atoms with E-state index in [1.165, 1.54) is 13.0 Å². The Morgan fingerprint density at radius 2 is 1.88 bits per heavy atom. The molecule has 6 nitrogen and oxygen atoms in total. The Balaban J connectivity index is 2.07. The molecule has 0 heterocycles. The highest BCUT2D eigenvalue weighted by molar-refractivity contribution is 5.91. The Bertz CT molecular complexity index is 631. The van der Waals surface area contributed by atoms with Gasteiger partial charge in [0.2, 0.25) is 17.7 Å². The Morgan fingerprint density at radius 1 is 1.21 bits per heavy atom. The van der Waals surface area contributed by atoms with Crippen LogP contribution in [0.3, 0.4) is 0 Å². The third-order valence-corrected chi connectivity index (χ3v) is 4.00. The number of carbonyl (C=O) groups excluding carboxylic acids is 3. The molecule has 4 N–H and O–H groups in total. The predicted molar refractivity (Wildman–Crippen MR) is 86.2 cm³/mol. The second-order valence-corrected chi connectivity index (χ2v) is 6.19. The van der Waals surface area contributed by atoms with Crippen molar-refractivity contribution in [1.82, 2.24) is 10.6 Å². The van der Waals surface area contributed by atoms with E-state index < -0.39 is 35.6 Å². The summed E-state index contributed by atoms with van der Waals surface area (Å²) in [6.45, 7) is 1.28. The molecular formula is C17H22FN3O3. The predicted octanol–water partition coefficient (Wildman–Crippen LogP) is 0.643. The van der Waals surface area contributed by atoms with Crippen LogP contribution in [0.15, 0.2) is 24.3 Å². The van der Waals surface area contributed by atoms with Gasteiger partial charge in [0.15, 0.2) is 0 Å². The lowest BCUT2D eigenvalue weighted by Gasteiger charge is -2.21. The van der Waals surface area contributed by atoms with Crippen LogP contribution in [0, 0.1) is 11.7 Å². The smallest absolute Gasteiger partial charge is 0.243 e. The maximum atomic E-state index is 13.8. The molecule has 1 aliphatic carbocycles. The summed E-state index contributed by atoms with van der Waals surface area (Å²) in [4.78, 5) is 35.3. The highest BCUT2D eigenvalue weighted by Crippen LogP contribution is 2.33. The van der Waals surface area contributed by atoms with Crippen LogP contribution in [-0.4, -0.2) is 29.8 Å². The van der Waals surface area contributed by atoms with Gasteiger partial charge < -0.3 is 16.4 Å². The van der Waals surface area contributed by atoms with Crippen LogP contribution in [0.25, 0.3) is 0 Å². The number of primary amides is 1. The summed E-state index contributed by atoms with van der Waals surface area (Å²) in [5.74, 6) is -1.62. The van der Waals surface area contributed by atoms with Crippen LogP contribution < -0.4 is 16.4 Å². The van der Waals surface area contributed by atoms with Gasteiger partial charge in [0.25, 0.3) is 0 Å². The molecule has 0 saturated heterocycles. The maximum Gasteiger partial charge on any atom is 0.243 e. The van der Waals surface area contributed by atoms with Gasteiger partial charge in [-0.15, -0.1) is 0 Å². The number of rotatable bonds is 8. The number of hydrogen-bond acceptors (Lipinski definition) is 3. The molecule has 1 aromatic rings. The minimum atomic E-state index is -0.972. The average molecular weight is 335 g/mol. The summed E-state index contributed by atoms with van der Waals surface area (Å²) in [6.07, 6.45) is 2.52. The minimum Gasteiger partial charge on any atom is -0.368 e. The molecule has 7 heteroatoms. The first-order valence-electron chi connectivity index (χ1n) is 7.97. The van der Waals surface area contributed by atoms with Gasteiger partial charge in [0.05, 0.1) is 0 Å². The first kappa shape index (κ1) is 17.9. The molecule has 130 valence electrons.